The van der Waals surface area contributed by atoms with Crippen LogP contribution in [0.4, 0.5) is 15.8 Å². The molecule has 11 nitrogen and oxygen atoms in total. The van der Waals surface area contributed by atoms with Crippen molar-refractivity contribution in [3.8, 4) is 5.75 Å². The Labute approximate surface area is 258 Å². The first kappa shape index (κ1) is 34.0. The van der Waals surface area contributed by atoms with Crippen molar-refractivity contribution in [1.29, 1.82) is 0 Å². The number of benzene rings is 3. The SMILES string of the molecule is CNCCOCCOCCN=C(C)N/C(=N\C(C)Nc1ccc(C(=O)NCc2ccc(F)cc2)cc1)Nc1ccc(O)cc1. The largest absolute Gasteiger partial charge is 0.508 e. The summed E-state index contributed by atoms with van der Waals surface area (Å²) in [7, 11) is 1.88. The number of phenols is 1. The summed E-state index contributed by atoms with van der Waals surface area (Å²) in [5.74, 6) is 0.715. The van der Waals surface area contributed by atoms with Gasteiger partial charge in [-0.1, -0.05) is 12.1 Å². The van der Waals surface area contributed by atoms with Gasteiger partial charge in [0.2, 0.25) is 5.96 Å². The Bertz CT molecular complexity index is 1330. The maximum Gasteiger partial charge on any atom is 0.251 e. The summed E-state index contributed by atoms with van der Waals surface area (Å²) >= 11 is 0. The summed E-state index contributed by atoms with van der Waals surface area (Å²) in [4.78, 5) is 21.8. The van der Waals surface area contributed by atoms with E-state index in [4.69, 9.17) is 14.5 Å². The Morgan fingerprint density at radius 2 is 1.57 bits per heavy atom. The number of hydrogen-bond donors (Lipinski definition) is 6. The van der Waals surface area contributed by atoms with E-state index >= 15 is 0 Å². The fourth-order valence-electron chi connectivity index (χ4n) is 3.83. The molecule has 3 aromatic carbocycles. The molecular formula is C32H42FN7O4. The molecule has 0 aliphatic carbocycles. The summed E-state index contributed by atoms with van der Waals surface area (Å²) in [5.41, 5.74) is 2.82. The van der Waals surface area contributed by atoms with Gasteiger partial charge in [0.05, 0.1) is 38.8 Å². The number of nitrogens with one attached hydrogen (secondary N) is 5. The highest BCUT2D eigenvalue weighted by atomic mass is 19.1. The van der Waals surface area contributed by atoms with E-state index in [0.29, 0.717) is 56.9 Å². The van der Waals surface area contributed by atoms with Gasteiger partial charge in [-0.15, -0.1) is 0 Å². The van der Waals surface area contributed by atoms with Crippen LogP contribution in [0.2, 0.25) is 0 Å². The summed E-state index contributed by atoms with van der Waals surface area (Å²) < 4.78 is 24.1. The third kappa shape index (κ3) is 13.2. The number of halogens is 1. The Balaban J connectivity index is 1.54. The number of ether oxygens (including phenoxy) is 2. The van der Waals surface area contributed by atoms with Gasteiger partial charge in [0.25, 0.3) is 5.91 Å². The average Bonchev–Trinajstić information content (AvgIpc) is 3.01. The predicted octanol–water partition coefficient (Wildman–Crippen LogP) is 3.95. The Hall–Kier alpha value is -4.52. The lowest BCUT2D eigenvalue weighted by Crippen LogP contribution is -2.36. The molecule has 0 bridgehead atoms. The van der Waals surface area contributed by atoms with Gasteiger partial charge in [-0.05, 0) is 87.1 Å². The number of amides is 1. The van der Waals surface area contributed by atoms with E-state index in [-0.39, 0.29) is 23.6 Å². The first-order valence-electron chi connectivity index (χ1n) is 14.4. The van der Waals surface area contributed by atoms with E-state index in [1.165, 1.54) is 12.1 Å². The zero-order valence-electron chi connectivity index (χ0n) is 25.4. The van der Waals surface area contributed by atoms with E-state index < -0.39 is 0 Å². The summed E-state index contributed by atoms with van der Waals surface area (Å²) in [6.45, 7) is 7.46. The van der Waals surface area contributed by atoms with Gasteiger partial charge in [-0.25, -0.2) is 9.38 Å². The lowest BCUT2D eigenvalue weighted by molar-refractivity contribution is 0.0524. The van der Waals surface area contributed by atoms with Gasteiger partial charge in [0.15, 0.2) is 0 Å². The molecule has 12 heteroatoms. The quantitative estimate of drug-likeness (QED) is 0.0623. The van der Waals surface area contributed by atoms with Crippen LogP contribution >= 0.6 is 0 Å². The molecule has 0 aliphatic heterocycles. The summed E-state index contributed by atoms with van der Waals surface area (Å²) in [6.07, 6.45) is -0.362. The Morgan fingerprint density at radius 3 is 2.25 bits per heavy atom. The van der Waals surface area contributed by atoms with Crippen LogP contribution in [0.5, 0.6) is 5.75 Å². The van der Waals surface area contributed by atoms with Crippen molar-refractivity contribution in [3.05, 3.63) is 89.7 Å². The predicted molar refractivity (Wildman–Crippen MR) is 173 cm³/mol. The minimum absolute atomic E-state index is 0.162. The van der Waals surface area contributed by atoms with Crippen molar-refractivity contribution in [1.82, 2.24) is 16.0 Å². The number of aromatic hydroxyl groups is 1. The molecule has 0 aromatic heterocycles. The number of rotatable bonds is 16. The number of carbonyl (C=O) groups is 1. The van der Waals surface area contributed by atoms with Crippen LogP contribution in [0.25, 0.3) is 0 Å². The number of amidine groups is 1. The second kappa shape index (κ2) is 18.9. The van der Waals surface area contributed by atoms with Crippen molar-refractivity contribution >= 4 is 29.1 Å². The molecule has 1 amide bonds. The highest BCUT2D eigenvalue weighted by Gasteiger charge is 2.09. The van der Waals surface area contributed by atoms with Gasteiger partial charge in [-0.2, -0.15) is 0 Å². The summed E-state index contributed by atoms with van der Waals surface area (Å²) in [6, 6.07) is 19.7. The number of likely N-dealkylation sites (N-methyl/N-ethyl adjacent to an activating group) is 1. The van der Waals surface area contributed by atoms with E-state index in [1.807, 2.05) is 20.9 Å². The number of carbonyl (C=O) groups excluding carboxylic acids is 1. The lowest BCUT2D eigenvalue weighted by Gasteiger charge is -2.17. The van der Waals surface area contributed by atoms with Crippen LogP contribution in [0.1, 0.15) is 29.8 Å². The van der Waals surface area contributed by atoms with Crippen molar-refractivity contribution in [2.75, 3.05) is 57.2 Å². The number of anilines is 2. The van der Waals surface area contributed by atoms with Crippen molar-refractivity contribution in [2.24, 2.45) is 9.98 Å². The van der Waals surface area contributed by atoms with E-state index in [9.17, 15) is 14.3 Å². The molecule has 0 aliphatic rings. The number of nitrogens with zero attached hydrogens (tertiary/aromatic N) is 2. The zero-order valence-corrected chi connectivity index (χ0v) is 25.4. The number of phenolic OH excluding ortho intramolecular Hbond substituents is 1. The lowest BCUT2D eigenvalue weighted by atomic mass is 10.1. The molecule has 3 aromatic rings. The molecule has 0 saturated heterocycles. The average molecular weight is 608 g/mol. The molecule has 6 N–H and O–H groups in total. The highest BCUT2D eigenvalue weighted by Crippen LogP contribution is 2.15. The third-order valence-electron chi connectivity index (χ3n) is 6.09. The standard InChI is InChI=1S/C32H42FN7O4/c1-23(35-17-19-44-21-20-43-18-16-34-3)38-32(40-29-12-14-30(41)15-13-29)39-24(2)37-28-10-6-26(7-11-28)31(42)36-22-25-4-8-27(33)9-5-25/h4-15,24,34,37,41H,16-22H2,1-3H3,(H,36,42)(H2,35,38,39,40). The number of hydrogen-bond acceptors (Lipinski definition) is 8. The normalized spacial score (nSPS) is 12.5. The minimum Gasteiger partial charge on any atom is -0.508 e. The van der Waals surface area contributed by atoms with Crippen LogP contribution in [0, 0.1) is 5.82 Å². The molecule has 236 valence electrons. The van der Waals surface area contributed by atoms with Crippen LogP contribution in [-0.2, 0) is 16.0 Å². The van der Waals surface area contributed by atoms with Gasteiger partial charge in [0, 0.05) is 30.0 Å². The monoisotopic (exact) mass is 607 g/mol. The Morgan fingerprint density at radius 1 is 0.909 bits per heavy atom. The third-order valence-corrected chi connectivity index (χ3v) is 6.09. The minimum atomic E-state index is -0.362. The molecule has 0 radical (unpaired) electrons. The van der Waals surface area contributed by atoms with Crippen molar-refractivity contribution in [3.63, 3.8) is 0 Å². The van der Waals surface area contributed by atoms with Crippen molar-refractivity contribution in [2.45, 2.75) is 26.6 Å². The summed E-state index contributed by atoms with van der Waals surface area (Å²) in [5, 5.41) is 25.2. The Kier molecular flexibility index (Phi) is 14.6. The fraction of sp³-hybridized carbons (Fsp3) is 0.344. The molecule has 0 heterocycles. The smallest absolute Gasteiger partial charge is 0.251 e. The van der Waals surface area contributed by atoms with E-state index in [0.717, 1.165) is 23.5 Å². The van der Waals surface area contributed by atoms with Crippen LogP contribution in [0.3, 0.4) is 0 Å². The van der Waals surface area contributed by atoms with E-state index in [1.54, 1.807) is 60.7 Å². The molecular weight excluding hydrogens is 565 g/mol. The zero-order chi connectivity index (χ0) is 31.6. The molecule has 44 heavy (non-hydrogen) atoms. The molecule has 0 saturated carbocycles. The molecule has 3 rings (SSSR count). The highest BCUT2D eigenvalue weighted by molar-refractivity contribution is 6.05. The van der Waals surface area contributed by atoms with Gasteiger partial charge in [-0.3, -0.25) is 9.79 Å². The van der Waals surface area contributed by atoms with Crippen LogP contribution in [0.15, 0.2) is 82.8 Å². The van der Waals surface area contributed by atoms with Gasteiger partial charge in [0.1, 0.15) is 17.7 Å². The van der Waals surface area contributed by atoms with Gasteiger partial charge >= 0.3 is 0 Å². The maximum atomic E-state index is 13.1. The molecule has 0 spiro atoms. The number of aliphatic imine (C=N–C) groups is 2. The second-order valence-electron chi connectivity index (χ2n) is 9.78. The second-order valence-corrected chi connectivity index (χ2v) is 9.78. The van der Waals surface area contributed by atoms with Gasteiger partial charge < -0.3 is 41.2 Å². The maximum absolute atomic E-state index is 13.1. The first-order valence-corrected chi connectivity index (χ1v) is 14.4. The van der Waals surface area contributed by atoms with Crippen molar-refractivity contribution < 1.29 is 23.8 Å². The molecule has 1 unspecified atom stereocenters. The van der Waals surface area contributed by atoms with Crippen LogP contribution in [-0.4, -0.2) is 75.5 Å². The number of guanidine groups is 1. The first-order chi connectivity index (χ1) is 21.3. The molecule has 1 atom stereocenters. The fourth-order valence-corrected chi connectivity index (χ4v) is 3.83. The molecule has 0 fully saturated rings. The van der Waals surface area contributed by atoms with Crippen LogP contribution < -0.4 is 26.6 Å². The topological polar surface area (TPSA) is 141 Å². The van der Waals surface area contributed by atoms with E-state index in [2.05, 4.69) is 31.6 Å².